The summed E-state index contributed by atoms with van der Waals surface area (Å²) < 4.78 is 23.5. The van der Waals surface area contributed by atoms with Gasteiger partial charge in [0.2, 0.25) is 0 Å². The van der Waals surface area contributed by atoms with Crippen LogP contribution in [-0.4, -0.2) is 26.6 Å². The highest BCUT2D eigenvalue weighted by Gasteiger charge is 2.21. The zero-order chi connectivity index (χ0) is 14.6. The first-order valence-electron chi connectivity index (χ1n) is 7.08. The highest BCUT2D eigenvalue weighted by molar-refractivity contribution is 7.90. The van der Waals surface area contributed by atoms with Crippen molar-refractivity contribution >= 4 is 15.7 Å². The predicted octanol–water partition coefficient (Wildman–Crippen LogP) is 2.54. The summed E-state index contributed by atoms with van der Waals surface area (Å²) in [6, 6.07) is 6.55. The van der Waals surface area contributed by atoms with Gasteiger partial charge in [0.25, 0.3) is 5.91 Å². The minimum Gasteiger partial charge on any atom is -0.349 e. The van der Waals surface area contributed by atoms with Gasteiger partial charge in [0.05, 0.1) is 10.5 Å². The molecule has 0 heterocycles. The molecule has 110 valence electrons. The van der Waals surface area contributed by atoms with E-state index >= 15 is 0 Å². The fourth-order valence-corrected chi connectivity index (χ4v) is 3.55. The molecule has 1 fully saturated rings. The molecule has 0 saturated heterocycles. The molecule has 4 nitrogen and oxygen atoms in total. The maximum Gasteiger partial charge on any atom is 0.252 e. The number of carbonyl (C=O) groups excluding carboxylic acids is 1. The van der Waals surface area contributed by atoms with Crippen LogP contribution >= 0.6 is 0 Å². The van der Waals surface area contributed by atoms with Crippen LogP contribution in [0.25, 0.3) is 0 Å². The van der Waals surface area contributed by atoms with Crippen LogP contribution in [0.5, 0.6) is 0 Å². The Morgan fingerprint density at radius 1 is 1.10 bits per heavy atom. The molecule has 1 amide bonds. The molecule has 1 saturated carbocycles. The lowest BCUT2D eigenvalue weighted by molar-refractivity contribution is 0.0930. The summed E-state index contributed by atoms with van der Waals surface area (Å²) in [5.41, 5.74) is 0.249. The molecule has 0 unspecified atom stereocenters. The third-order valence-electron chi connectivity index (χ3n) is 3.72. The number of hydrogen-bond donors (Lipinski definition) is 1. The zero-order valence-corrected chi connectivity index (χ0v) is 12.6. The van der Waals surface area contributed by atoms with Crippen LogP contribution in [0.3, 0.4) is 0 Å². The van der Waals surface area contributed by atoms with Crippen molar-refractivity contribution < 1.29 is 13.2 Å². The summed E-state index contributed by atoms with van der Waals surface area (Å²) in [6.07, 6.45) is 7.76. The van der Waals surface area contributed by atoms with Crippen LogP contribution in [0.1, 0.15) is 48.9 Å². The van der Waals surface area contributed by atoms with E-state index in [1.165, 1.54) is 18.9 Å². The summed E-state index contributed by atoms with van der Waals surface area (Å²) >= 11 is 0. The van der Waals surface area contributed by atoms with Crippen LogP contribution in [0.4, 0.5) is 0 Å². The second-order valence-electron chi connectivity index (χ2n) is 5.43. The number of amides is 1. The van der Waals surface area contributed by atoms with Crippen LogP contribution in [0, 0.1) is 0 Å². The van der Waals surface area contributed by atoms with Gasteiger partial charge in [-0.15, -0.1) is 0 Å². The van der Waals surface area contributed by atoms with E-state index in [1.807, 2.05) is 0 Å². The van der Waals surface area contributed by atoms with Gasteiger partial charge < -0.3 is 5.32 Å². The normalized spacial score (nSPS) is 17.4. The van der Waals surface area contributed by atoms with Crippen molar-refractivity contribution in [3.8, 4) is 0 Å². The molecule has 0 spiro atoms. The Kier molecular flexibility index (Phi) is 4.81. The molecule has 0 aromatic heterocycles. The first kappa shape index (κ1) is 15.0. The van der Waals surface area contributed by atoms with Crippen molar-refractivity contribution in [1.29, 1.82) is 0 Å². The lowest BCUT2D eigenvalue weighted by Gasteiger charge is -2.17. The van der Waals surface area contributed by atoms with Gasteiger partial charge in [-0.1, -0.05) is 37.8 Å². The van der Waals surface area contributed by atoms with E-state index < -0.39 is 9.84 Å². The largest absolute Gasteiger partial charge is 0.349 e. The average Bonchev–Trinajstić information content (AvgIpc) is 2.66. The average molecular weight is 295 g/mol. The van der Waals surface area contributed by atoms with Crippen molar-refractivity contribution in [2.24, 2.45) is 0 Å². The number of sulfone groups is 1. The zero-order valence-electron chi connectivity index (χ0n) is 11.8. The van der Waals surface area contributed by atoms with E-state index in [-0.39, 0.29) is 22.4 Å². The number of nitrogens with one attached hydrogen (secondary N) is 1. The number of carbonyl (C=O) groups is 1. The Hall–Kier alpha value is -1.36. The number of benzene rings is 1. The van der Waals surface area contributed by atoms with E-state index in [0.717, 1.165) is 31.9 Å². The first-order chi connectivity index (χ1) is 9.48. The van der Waals surface area contributed by atoms with Gasteiger partial charge in [0.1, 0.15) is 0 Å². The predicted molar refractivity (Wildman–Crippen MR) is 78.5 cm³/mol. The summed E-state index contributed by atoms with van der Waals surface area (Å²) in [5, 5.41) is 2.98. The molecule has 1 aliphatic carbocycles. The van der Waals surface area contributed by atoms with E-state index in [0.29, 0.717) is 0 Å². The molecule has 1 aliphatic rings. The second-order valence-corrected chi connectivity index (χ2v) is 7.41. The Balaban J connectivity index is 2.17. The van der Waals surface area contributed by atoms with Gasteiger partial charge in [0.15, 0.2) is 9.84 Å². The second kappa shape index (κ2) is 6.39. The first-order valence-corrected chi connectivity index (χ1v) is 8.97. The van der Waals surface area contributed by atoms with Crippen LogP contribution in [0.15, 0.2) is 29.2 Å². The number of rotatable bonds is 3. The lowest BCUT2D eigenvalue weighted by atomic mass is 10.1. The fourth-order valence-electron chi connectivity index (χ4n) is 2.66. The van der Waals surface area contributed by atoms with Gasteiger partial charge >= 0.3 is 0 Å². The highest BCUT2D eigenvalue weighted by Crippen LogP contribution is 2.19. The van der Waals surface area contributed by atoms with Crippen LogP contribution in [0.2, 0.25) is 0 Å². The van der Waals surface area contributed by atoms with E-state index in [4.69, 9.17) is 0 Å². The molecule has 5 heteroatoms. The van der Waals surface area contributed by atoms with E-state index in [2.05, 4.69) is 5.32 Å². The third kappa shape index (κ3) is 3.82. The van der Waals surface area contributed by atoms with Crippen LogP contribution in [-0.2, 0) is 9.84 Å². The summed E-state index contributed by atoms with van der Waals surface area (Å²) in [5.74, 6) is -0.280. The third-order valence-corrected chi connectivity index (χ3v) is 4.88. The molecular formula is C15H21NO3S. The molecule has 0 bridgehead atoms. The fraction of sp³-hybridized carbons (Fsp3) is 0.533. The van der Waals surface area contributed by atoms with Gasteiger partial charge in [-0.3, -0.25) is 4.79 Å². The molecule has 1 N–H and O–H groups in total. The van der Waals surface area contributed by atoms with Gasteiger partial charge in [-0.05, 0) is 25.0 Å². The van der Waals surface area contributed by atoms with Gasteiger partial charge in [0, 0.05) is 12.3 Å². The summed E-state index contributed by atoms with van der Waals surface area (Å²) in [4.78, 5) is 12.4. The lowest BCUT2D eigenvalue weighted by Crippen LogP contribution is -2.35. The molecule has 1 aromatic rings. The van der Waals surface area contributed by atoms with Crippen molar-refractivity contribution in [2.45, 2.75) is 49.5 Å². The monoisotopic (exact) mass is 295 g/mol. The maximum atomic E-state index is 12.3. The van der Waals surface area contributed by atoms with Gasteiger partial charge in [-0.25, -0.2) is 8.42 Å². The van der Waals surface area contributed by atoms with Crippen molar-refractivity contribution in [1.82, 2.24) is 5.32 Å². The molecular weight excluding hydrogens is 274 g/mol. The van der Waals surface area contributed by atoms with Gasteiger partial charge in [-0.2, -0.15) is 0 Å². The number of hydrogen-bond acceptors (Lipinski definition) is 3. The Morgan fingerprint density at radius 2 is 1.70 bits per heavy atom. The molecule has 0 radical (unpaired) electrons. The van der Waals surface area contributed by atoms with Crippen molar-refractivity contribution in [2.75, 3.05) is 6.26 Å². The van der Waals surface area contributed by atoms with E-state index in [9.17, 15) is 13.2 Å². The van der Waals surface area contributed by atoms with Crippen molar-refractivity contribution in [3.05, 3.63) is 29.8 Å². The molecule has 2 rings (SSSR count). The van der Waals surface area contributed by atoms with Crippen LogP contribution < -0.4 is 5.32 Å². The molecule has 0 atom stereocenters. The smallest absolute Gasteiger partial charge is 0.252 e. The highest BCUT2D eigenvalue weighted by atomic mass is 32.2. The quantitative estimate of drug-likeness (QED) is 0.872. The maximum absolute atomic E-state index is 12.3. The Morgan fingerprint density at radius 3 is 2.30 bits per heavy atom. The standard InChI is InChI=1S/C15H21NO3S/c1-20(18,19)14-11-7-6-10-13(14)15(17)16-12-8-4-2-3-5-9-12/h6-7,10-12H,2-5,8-9H2,1H3,(H,16,17). The summed E-state index contributed by atoms with van der Waals surface area (Å²) in [6.45, 7) is 0. The Labute approximate surface area is 120 Å². The Bertz CT molecular complexity index is 573. The SMILES string of the molecule is CS(=O)(=O)c1ccccc1C(=O)NC1CCCCCC1. The minimum atomic E-state index is -3.39. The van der Waals surface area contributed by atoms with E-state index in [1.54, 1.807) is 18.2 Å². The summed E-state index contributed by atoms with van der Waals surface area (Å²) in [7, 11) is -3.39. The topological polar surface area (TPSA) is 63.2 Å². The van der Waals surface area contributed by atoms with Crippen molar-refractivity contribution in [3.63, 3.8) is 0 Å². The molecule has 20 heavy (non-hydrogen) atoms. The minimum absolute atomic E-state index is 0.103. The molecule has 1 aromatic carbocycles. The molecule has 0 aliphatic heterocycles.